The highest BCUT2D eigenvalue weighted by atomic mass is 16.5. The third-order valence-corrected chi connectivity index (χ3v) is 3.99. The monoisotopic (exact) mass is 262 g/mol. The van der Waals surface area contributed by atoms with E-state index < -0.39 is 0 Å². The van der Waals surface area contributed by atoms with Crippen LogP contribution in [0.4, 0.5) is 5.69 Å². The molecule has 1 saturated heterocycles. The minimum atomic E-state index is 0.726. The molecule has 2 N–H and O–H groups in total. The molecule has 0 atom stereocenters. The Balaban J connectivity index is 1.66. The van der Waals surface area contributed by atoms with Crippen LogP contribution in [0.2, 0.25) is 0 Å². The Labute approximate surface area is 116 Å². The first kappa shape index (κ1) is 14.2. The van der Waals surface area contributed by atoms with Crippen molar-refractivity contribution < 1.29 is 4.74 Å². The molecule has 2 rings (SSSR count). The fourth-order valence-corrected chi connectivity index (χ4v) is 2.80. The smallest absolute Gasteiger partial charge is 0.142 e. The van der Waals surface area contributed by atoms with Crippen LogP contribution in [0.1, 0.15) is 32.6 Å². The lowest BCUT2D eigenvalue weighted by atomic mass is 9.92. The average molecular weight is 262 g/mol. The number of benzene rings is 1. The van der Waals surface area contributed by atoms with Crippen LogP contribution >= 0.6 is 0 Å². The maximum atomic E-state index is 5.85. The zero-order valence-electron chi connectivity index (χ0n) is 12.0. The molecule has 0 amide bonds. The highest BCUT2D eigenvalue weighted by Gasteiger charge is 2.18. The van der Waals surface area contributed by atoms with Crippen molar-refractivity contribution >= 4 is 5.69 Å². The maximum Gasteiger partial charge on any atom is 0.142 e. The van der Waals surface area contributed by atoms with Crippen LogP contribution in [0.15, 0.2) is 24.3 Å². The topological polar surface area (TPSA) is 38.5 Å². The third-order valence-electron chi connectivity index (χ3n) is 3.99. The summed E-state index contributed by atoms with van der Waals surface area (Å²) in [7, 11) is 0. The Morgan fingerprint density at radius 3 is 2.68 bits per heavy atom. The van der Waals surface area contributed by atoms with Crippen LogP contribution in [0.3, 0.4) is 0 Å². The highest BCUT2D eigenvalue weighted by molar-refractivity contribution is 5.51. The van der Waals surface area contributed by atoms with Crippen molar-refractivity contribution in [2.45, 2.75) is 32.6 Å². The van der Waals surface area contributed by atoms with Gasteiger partial charge in [-0.05, 0) is 44.0 Å². The minimum Gasteiger partial charge on any atom is -0.490 e. The molecule has 0 bridgehead atoms. The summed E-state index contributed by atoms with van der Waals surface area (Å²) >= 11 is 0. The zero-order valence-corrected chi connectivity index (χ0v) is 12.0. The van der Waals surface area contributed by atoms with Gasteiger partial charge < -0.3 is 10.5 Å². The number of anilines is 1. The summed E-state index contributed by atoms with van der Waals surface area (Å²) in [5, 5.41) is 0. The summed E-state index contributed by atoms with van der Waals surface area (Å²) in [4.78, 5) is 2.51. The molecule has 1 aromatic carbocycles. The molecular weight excluding hydrogens is 236 g/mol. The molecule has 1 aliphatic rings. The molecule has 0 aliphatic carbocycles. The van der Waals surface area contributed by atoms with Crippen molar-refractivity contribution in [3.63, 3.8) is 0 Å². The Kier molecular flexibility index (Phi) is 5.52. The molecule has 19 heavy (non-hydrogen) atoms. The van der Waals surface area contributed by atoms with Crippen molar-refractivity contribution in [2.24, 2.45) is 5.92 Å². The fourth-order valence-electron chi connectivity index (χ4n) is 2.80. The van der Waals surface area contributed by atoms with Crippen LogP contribution in [0, 0.1) is 5.92 Å². The molecule has 0 unspecified atom stereocenters. The Bertz CT molecular complexity index is 373. The number of nitrogens with zero attached hydrogens (tertiary/aromatic N) is 1. The van der Waals surface area contributed by atoms with Gasteiger partial charge in [-0.2, -0.15) is 0 Å². The molecule has 0 spiro atoms. The molecule has 1 heterocycles. The highest BCUT2D eigenvalue weighted by Crippen LogP contribution is 2.22. The van der Waals surface area contributed by atoms with Crippen LogP contribution in [0.5, 0.6) is 5.75 Å². The van der Waals surface area contributed by atoms with Crippen LogP contribution in [-0.4, -0.2) is 31.1 Å². The van der Waals surface area contributed by atoms with Crippen LogP contribution in [-0.2, 0) is 0 Å². The van der Waals surface area contributed by atoms with Gasteiger partial charge in [-0.25, -0.2) is 0 Å². The normalized spacial score (nSPS) is 17.5. The van der Waals surface area contributed by atoms with Gasteiger partial charge in [0.05, 0.1) is 5.69 Å². The zero-order chi connectivity index (χ0) is 13.5. The number of rotatable bonds is 6. The SMILES string of the molecule is CCCC1CCN(CCOc2ccccc2N)CC1. The lowest BCUT2D eigenvalue weighted by molar-refractivity contribution is 0.151. The largest absolute Gasteiger partial charge is 0.490 e. The molecule has 0 saturated carbocycles. The summed E-state index contributed by atoms with van der Waals surface area (Å²) in [6.07, 6.45) is 5.41. The lowest BCUT2D eigenvalue weighted by Gasteiger charge is -2.31. The molecule has 3 heteroatoms. The summed E-state index contributed by atoms with van der Waals surface area (Å²) in [6.45, 7) is 6.46. The first-order chi connectivity index (χ1) is 9.29. The molecular formula is C16H26N2O. The van der Waals surface area contributed by atoms with Crippen molar-refractivity contribution in [3.05, 3.63) is 24.3 Å². The molecule has 106 valence electrons. The number of ether oxygens (including phenoxy) is 1. The summed E-state index contributed by atoms with van der Waals surface area (Å²) in [5.74, 6) is 1.76. The second kappa shape index (κ2) is 7.39. The van der Waals surface area contributed by atoms with E-state index in [-0.39, 0.29) is 0 Å². The van der Waals surface area contributed by atoms with E-state index in [9.17, 15) is 0 Å². The van der Waals surface area contributed by atoms with E-state index in [0.717, 1.165) is 30.5 Å². The van der Waals surface area contributed by atoms with Gasteiger partial charge in [-0.1, -0.05) is 31.9 Å². The van der Waals surface area contributed by atoms with Gasteiger partial charge in [0.15, 0.2) is 0 Å². The maximum absolute atomic E-state index is 5.85. The molecule has 1 aliphatic heterocycles. The van der Waals surface area contributed by atoms with Gasteiger partial charge in [0.2, 0.25) is 0 Å². The number of nitrogens with two attached hydrogens (primary N) is 1. The van der Waals surface area contributed by atoms with E-state index in [4.69, 9.17) is 10.5 Å². The van der Waals surface area contributed by atoms with Crippen molar-refractivity contribution in [2.75, 3.05) is 32.0 Å². The van der Waals surface area contributed by atoms with Gasteiger partial charge in [0.1, 0.15) is 12.4 Å². The van der Waals surface area contributed by atoms with Crippen LogP contribution in [0.25, 0.3) is 0 Å². The number of hydrogen-bond acceptors (Lipinski definition) is 3. The van der Waals surface area contributed by atoms with E-state index in [1.807, 2.05) is 24.3 Å². The van der Waals surface area contributed by atoms with Crippen molar-refractivity contribution in [3.8, 4) is 5.75 Å². The first-order valence-corrected chi connectivity index (χ1v) is 7.49. The van der Waals surface area contributed by atoms with Gasteiger partial charge in [-0.15, -0.1) is 0 Å². The van der Waals surface area contributed by atoms with Crippen LogP contribution < -0.4 is 10.5 Å². The Hall–Kier alpha value is -1.22. The van der Waals surface area contributed by atoms with E-state index in [2.05, 4.69) is 11.8 Å². The minimum absolute atomic E-state index is 0.726. The van der Waals surface area contributed by atoms with Gasteiger partial charge >= 0.3 is 0 Å². The molecule has 0 aromatic heterocycles. The predicted molar refractivity (Wildman–Crippen MR) is 80.4 cm³/mol. The fraction of sp³-hybridized carbons (Fsp3) is 0.625. The lowest BCUT2D eigenvalue weighted by Crippen LogP contribution is -2.36. The number of nitrogen functional groups attached to an aromatic ring is 1. The standard InChI is InChI=1S/C16H26N2O/c1-2-5-14-8-10-18(11-9-14)12-13-19-16-7-4-3-6-15(16)17/h3-4,6-7,14H,2,5,8-13,17H2,1H3. The van der Waals surface area contributed by atoms with E-state index >= 15 is 0 Å². The number of likely N-dealkylation sites (tertiary alicyclic amines) is 1. The average Bonchev–Trinajstić information content (AvgIpc) is 2.43. The predicted octanol–water partition coefficient (Wildman–Crippen LogP) is 3.16. The molecule has 0 radical (unpaired) electrons. The van der Waals surface area contributed by atoms with Gasteiger partial charge in [0, 0.05) is 6.54 Å². The quantitative estimate of drug-likeness (QED) is 0.800. The van der Waals surface area contributed by atoms with E-state index in [1.165, 1.54) is 38.8 Å². The second-order valence-electron chi connectivity index (χ2n) is 5.46. The summed E-state index contributed by atoms with van der Waals surface area (Å²) < 4.78 is 5.75. The first-order valence-electron chi connectivity index (χ1n) is 7.49. The van der Waals surface area contributed by atoms with Gasteiger partial charge in [0.25, 0.3) is 0 Å². The number of hydrogen-bond donors (Lipinski definition) is 1. The third kappa shape index (κ3) is 4.43. The van der Waals surface area contributed by atoms with Crippen molar-refractivity contribution in [1.29, 1.82) is 0 Å². The van der Waals surface area contributed by atoms with E-state index in [0.29, 0.717) is 0 Å². The Morgan fingerprint density at radius 1 is 1.26 bits per heavy atom. The molecule has 1 fully saturated rings. The number of piperidine rings is 1. The summed E-state index contributed by atoms with van der Waals surface area (Å²) in [6, 6.07) is 7.71. The van der Waals surface area contributed by atoms with Gasteiger partial charge in [-0.3, -0.25) is 4.90 Å². The molecule has 3 nitrogen and oxygen atoms in total. The van der Waals surface area contributed by atoms with Crippen molar-refractivity contribution in [1.82, 2.24) is 4.90 Å². The molecule has 1 aromatic rings. The number of para-hydroxylation sites is 2. The van der Waals surface area contributed by atoms with E-state index in [1.54, 1.807) is 0 Å². The second-order valence-corrected chi connectivity index (χ2v) is 5.46. The summed E-state index contributed by atoms with van der Waals surface area (Å²) in [5.41, 5.74) is 6.58. The Morgan fingerprint density at radius 2 is 2.00 bits per heavy atom.